The first-order valence-corrected chi connectivity index (χ1v) is 15.1. The average Bonchev–Trinajstić information content (AvgIpc) is 3.67. The Balaban J connectivity index is 1.26. The molecule has 2 aliphatic heterocycles. The Labute approximate surface area is 232 Å². The highest BCUT2D eigenvalue weighted by Crippen LogP contribution is 2.67. The highest BCUT2D eigenvalue weighted by molar-refractivity contribution is 5.77. The molecule has 0 radical (unpaired) electrons. The molecular formula is C33H42N2O4. The van der Waals surface area contributed by atoms with E-state index in [2.05, 4.69) is 49.1 Å². The summed E-state index contributed by atoms with van der Waals surface area (Å²) >= 11 is 0. The summed E-state index contributed by atoms with van der Waals surface area (Å²) < 4.78 is 6.74. The minimum absolute atomic E-state index is 0.0363. The molecule has 1 saturated heterocycles. The van der Waals surface area contributed by atoms with Crippen molar-refractivity contribution >= 4 is 5.91 Å². The maximum atomic E-state index is 13.7. The third-order valence-electron chi connectivity index (χ3n) is 11.1. The van der Waals surface area contributed by atoms with Gasteiger partial charge in [-0.25, -0.2) is 0 Å². The van der Waals surface area contributed by atoms with E-state index in [1.807, 2.05) is 11.9 Å². The van der Waals surface area contributed by atoms with Gasteiger partial charge in [0.25, 0.3) is 0 Å². The summed E-state index contributed by atoms with van der Waals surface area (Å²) in [5.41, 5.74) is 3.04. The molecular weight excluding hydrogens is 488 g/mol. The molecule has 7 rings (SSSR count). The van der Waals surface area contributed by atoms with Crippen molar-refractivity contribution in [2.24, 2.45) is 11.8 Å². The van der Waals surface area contributed by atoms with E-state index in [1.165, 1.54) is 29.5 Å². The Bertz CT molecular complexity index is 1310. The summed E-state index contributed by atoms with van der Waals surface area (Å²) in [7, 11) is 1.92. The van der Waals surface area contributed by atoms with E-state index in [4.69, 9.17) is 4.74 Å². The molecule has 6 atom stereocenters. The first kappa shape index (κ1) is 25.4. The molecule has 2 N–H and O–H groups in total. The van der Waals surface area contributed by atoms with Gasteiger partial charge >= 0.3 is 0 Å². The molecule has 208 valence electrons. The van der Waals surface area contributed by atoms with Crippen LogP contribution in [0.1, 0.15) is 67.7 Å². The van der Waals surface area contributed by atoms with Gasteiger partial charge in [-0.2, -0.15) is 0 Å². The highest BCUT2D eigenvalue weighted by atomic mass is 16.5. The van der Waals surface area contributed by atoms with Crippen LogP contribution in [0.15, 0.2) is 36.4 Å². The molecule has 2 heterocycles. The van der Waals surface area contributed by atoms with E-state index in [-0.39, 0.29) is 35.8 Å². The number of aryl methyl sites for hydroxylation is 2. The van der Waals surface area contributed by atoms with Crippen molar-refractivity contribution < 1.29 is 19.7 Å². The minimum atomic E-state index is -0.951. The second-order valence-corrected chi connectivity index (χ2v) is 13.1. The maximum Gasteiger partial charge on any atom is 0.223 e. The fourth-order valence-electron chi connectivity index (χ4n) is 9.01. The molecule has 6 heteroatoms. The van der Waals surface area contributed by atoms with Gasteiger partial charge in [0.05, 0.1) is 17.1 Å². The number of hydrogen-bond acceptors (Lipinski definition) is 5. The molecule has 2 saturated carbocycles. The molecule has 2 aromatic carbocycles. The molecule has 2 aromatic rings. The second kappa shape index (κ2) is 8.97. The van der Waals surface area contributed by atoms with Gasteiger partial charge in [-0.1, -0.05) is 49.2 Å². The van der Waals surface area contributed by atoms with E-state index in [9.17, 15) is 15.0 Å². The van der Waals surface area contributed by atoms with Crippen molar-refractivity contribution in [1.29, 1.82) is 0 Å². The standard InChI is InChI=1S/C33H42N2O4/c1-4-24-18-25(34(3)28(37)13-10-21-7-5-6-20(2)16-21)31-32-14-15-35(19-22-8-9-22)27(33(24,32)38)17-23-11-12-26(36)30(39-31)29(23)32/h5-7,11-12,16,22,24-25,27,31,36,38H,4,8-10,13-15,17-19H2,1-3H3/t24?,25?,27-,31?,32+,33-/m1/s1. The summed E-state index contributed by atoms with van der Waals surface area (Å²) in [5.74, 6) is 1.61. The zero-order valence-corrected chi connectivity index (χ0v) is 23.5. The summed E-state index contributed by atoms with van der Waals surface area (Å²) in [6.07, 6.45) is 6.51. The summed E-state index contributed by atoms with van der Waals surface area (Å²) in [6.45, 7) is 6.25. The zero-order valence-electron chi connectivity index (χ0n) is 23.5. The van der Waals surface area contributed by atoms with Crippen LogP contribution in [-0.2, 0) is 23.1 Å². The van der Waals surface area contributed by atoms with Gasteiger partial charge in [-0.15, -0.1) is 0 Å². The lowest BCUT2D eigenvalue weighted by Gasteiger charge is -2.67. The molecule has 39 heavy (non-hydrogen) atoms. The Morgan fingerprint density at radius 3 is 2.79 bits per heavy atom. The number of rotatable bonds is 7. The van der Waals surface area contributed by atoms with Crippen molar-refractivity contribution in [2.45, 2.75) is 94.4 Å². The lowest BCUT2D eigenvalue weighted by molar-refractivity contribution is -0.229. The van der Waals surface area contributed by atoms with E-state index in [0.717, 1.165) is 43.8 Å². The predicted molar refractivity (Wildman–Crippen MR) is 150 cm³/mol. The Kier molecular flexibility index (Phi) is 5.84. The summed E-state index contributed by atoms with van der Waals surface area (Å²) in [4.78, 5) is 18.2. The van der Waals surface area contributed by atoms with Gasteiger partial charge < -0.3 is 19.8 Å². The third-order valence-corrected chi connectivity index (χ3v) is 11.1. The second-order valence-electron chi connectivity index (χ2n) is 13.1. The van der Waals surface area contributed by atoms with Gasteiger partial charge in [-0.3, -0.25) is 9.69 Å². The number of phenolic OH excluding ortho intramolecular Hbond substituents is 1. The van der Waals surface area contributed by atoms with Crippen molar-refractivity contribution in [3.05, 3.63) is 58.7 Å². The predicted octanol–water partition coefficient (Wildman–Crippen LogP) is 4.36. The van der Waals surface area contributed by atoms with E-state index in [1.54, 1.807) is 6.07 Å². The molecule has 3 aliphatic carbocycles. The minimum Gasteiger partial charge on any atom is -0.504 e. The number of likely N-dealkylation sites (tertiary alicyclic amines) is 1. The smallest absolute Gasteiger partial charge is 0.223 e. The number of benzene rings is 2. The fourth-order valence-corrected chi connectivity index (χ4v) is 9.01. The molecule has 3 unspecified atom stereocenters. The van der Waals surface area contributed by atoms with Gasteiger partial charge in [0.2, 0.25) is 5.91 Å². The zero-order chi connectivity index (χ0) is 27.1. The topological polar surface area (TPSA) is 73.2 Å². The number of aliphatic hydroxyl groups is 1. The SMILES string of the molecule is CCC1CC(N(C)C(=O)CCc2cccc(C)c2)C2Oc3c(O)ccc4c3[C@@]23CCN(CC2CC2)[C@H](C4)[C@]13O. The van der Waals surface area contributed by atoms with Crippen molar-refractivity contribution in [3.8, 4) is 11.5 Å². The van der Waals surface area contributed by atoms with Crippen LogP contribution in [0.2, 0.25) is 0 Å². The van der Waals surface area contributed by atoms with Crippen molar-refractivity contribution in [2.75, 3.05) is 20.1 Å². The molecule has 2 bridgehead atoms. The number of carbonyl (C=O) groups excluding carboxylic acids is 1. The number of likely N-dealkylation sites (N-methyl/N-ethyl adjacent to an activating group) is 1. The number of amides is 1. The van der Waals surface area contributed by atoms with Crippen LogP contribution in [0.3, 0.4) is 0 Å². The number of aromatic hydroxyl groups is 1. The van der Waals surface area contributed by atoms with Crippen LogP contribution >= 0.6 is 0 Å². The third kappa shape index (κ3) is 3.56. The highest BCUT2D eigenvalue weighted by Gasteiger charge is 2.75. The number of hydrogen-bond donors (Lipinski definition) is 2. The number of nitrogens with zero attached hydrogens (tertiary/aromatic N) is 2. The fraction of sp³-hybridized carbons (Fsp3) is 0.606. The van der Waals surface area contributed by atoms with Gasteiger partial charge in [0.15, 0.2) is 11.5 Å². The van der Waals surface area contributed by atoms with Crippen LogP contribution in [0.5, 0.6) is 11.5 Å². The summed E-state index contributed by atoms with van der Waals surface area (Å²) in [6, 6.07) is 12.1. The lowest BCUT2D eigenvalue weighted by Crippen LogP contribution is -2.81. The Hall–Kier alpha value is -2.57. The molecule has 1 amide bonds. The number of phenols is 1. The lowest BCUT2D eigenvalue weighted by atomic mass is 9.45. The van der Waals surface area contributed by atoms with Crippen molar-refractivity contribution in [1.82, 2.24) is 9.80 Å². The molecule has 6 nitrogen and oxygen atoms in total. The number of carbonyl (C=O) groups is 1. The number of piperidine rings is 1. The van der Waals surface area contributed by atoms with Gasteiger partial charge in [-0.05, 0) is 81.0 Å². The van der Waals surface area contributed by atoms with E-state index in [0.29, 0.717) is 25.0 Å². The van der Waals surface area contributed by atoms with Crippen LogP contribution in [0.4, 0.5) is 0 Å². The first-order valence-electron chi connectivity index (χ1n) is 15.1. The maximum absolute atomic E-state index is 13.7. The summed E-state index contributed by atoms with van der Waals surface area (Å²) in [5, 5.41) is 24.0. The number of ether oxygens (including phenoxy) is 1. The average molecular weight is 531 g/mol. The molecule has 5 aliphatic rings. The van der Waals surface area contributed by atoms with Crippen LogP contribution < -0.4 is 4.74 Å². The monoisotopic (exact) mass is 530 g/mol. The van der Waals surface area contributed by atoms with Crippen LogP contribution in [-0.4, -0.2) is 69.8 Å². The quantitative estimate of drug-likeness (QED) is 0.557. The Morgan fingerprint density at radius 2 is 2.05 bits per heavy atom. The normalized spacial score (nSPS) is 34.4. The molecule has 3 fully saturated rings. The van der Waals surface area contributed by atoms with E-state index < -0.39 is 11.0 Å². The van der Waals surface area contributed by atoms with Gasteiger partial charge in [0.1, 0.15) is 6.10 Å². The van der Waals surface area contributed by atoms with E-state index >= 15 is 0 Å². The largest absolute Gasteiger partial charge is 0.504 e. The molecule has 1 spiro atoms. The van der Waals surface area contributed by atoms with Crippen LogP contribution in [0.25, 0.3) is 0 Å². The van der Waals surface area contributed by atoms with Crippen LogP contribution in [0, 0.1) is 18.8 Å². The van der Waals surface area contributed by atoms with Crippen molar-refractivity contribution in [3.63, 3.8) is 0 Å². The first-order chi connectivity index (χ1) is 18.8. The Morgan fingerprint density at radius 1 is 1.23 bits per heavy atom. The van der Waals surface area contributed by atoms with Gasteiger partial charge in [0, 0.05) is 31.6 Å². The molecule has 0 aromatic heterocycles.